The molecular weight excluding hydrogens is 503 g/mol. The second kappa shape index (κ2) is 9.87. The molecule has 1 saturated heterocycles. The van der Waals surface area contributed by atoms with Gasteiger partial charge >= 0.3 is 10.2 Å². The lowest BCUT2D eigenvalue weighted by Gasteiger charge is -2.40. The van der Waals surface area contributed by atoms with E-state index in [2.05, 4.69) is 17.2 Å². The molecule has 0 radical (unpaired) electrons. The molecule has 1 aromatic heterocycles. The van der Waals surface area contributed by atoms with Gasteiger partial charge in [0.15, 0.2) is 0 Å². The van der Waals surface area contributed by atoms with Crippen LogP contribution in [0.2, 0.25) is 10.0 Å². The number of amides is 1. The standard InChI is InChI=1S/C22H26Cl2N4O5S/c1-13-6-7-27(10-14(13)2)34(31,32)28-11-16(12-29)33-22-19(28)8-15(9-25-22)26-21(30)20-17(23)4-3-5-18(20)24/h3-5,8-9,13-14,16,29H,6-7,10-12H2,1-2H3,(H,26,30). The van der Waals surface area contributed by atoms with E-state index in [0.717, 1.165) is 6.42 Å². The Bertz CT molecular complexity index is 1180. The number of aliphatic hydroxyl groups is 1. The largest absolute Gasteiger partial charge is 0.468 e. The van der Waals surface area contributed by atoms with E-state index < -0.39 is 22.2 Å². The van der Waals surface area contributed by atoms with Gasteiger partial charge in [0.1, 0.15) is 11.8 Å². The van der Waals surface area contributed by atoms with Gasteiger partial charge in [0.05, 0.1) is 40.6 Å². The zero-order chi connectivity index (χ0) is 24.6. The highest BCUT2D eigenvalue weighted by atomic mass is 35.5. The third kappa shape index (κ3) is 4.83. The minimum Gasteiger partial charge on any atom is -0.468 e. The van der Waals surface area contributed by atoms with Crippen molar-refractivity contribution >= 4 is 50.7 Å². The molecule has 0 bridgehead atoms. The maximum absolute atomic E-state index is 13.6. The average Bonchev–Trinajstić information content (AvgIpc) is 2.79. The van der Waals surface area contributed by atoms with Gasteiger partial charge in [0.2, 0.25) is 5.88 Å². The van der Waals surface area contributed by atoms with Crippen molar-refractivity contribution in [3.8, 4) is 5.88 Å². The normalized spacial score (nSPS) is 23.2. The summed E-state index contributed by atoms with van der Waals surface area (Å²) in [6, 6.07) is 6.20. The molecule has 3 heterocycles. The number of benzene rings is 1. The van der Waals surface area contributed by atoms with Crippen LogP contribution in [0.5, 0.6) is 5.88 Å². The zero-order valence-corrected chi connectivity index (χ0v) is 21.1. The topological polar surface area (TPSA) is 112 Å². The number of halogens is 2. The van der Waals surface area contributed by atoms with Crippen LogP contribution in [-0.2, 0) is 10.2 Å². The summed E-state index contributed by atoms with van der Waals surface area (Å²) in [5.74, 6) is 0.132. The highest BCUT2D eigenvalue weighted by molar-refractivity contribution is 7.90. The predicted molar refractivity (Wildman–Crippen MR) is 131 cm³/mol. The number of aliphatic hydroxyl groups excluding tert-OH is 1. The van der Waals surface area contributed by atoms with E-state index in [4.69, 9.17) is 27.9 Å². The van der Waals surface area contributed by atoms with Crippen LogP contribution in [0.15, 0.2) is 30.5 Å². The van der Waals surface area contributed by atoms with Crippen molar-refractivity contribution in [3.63, 3.8) is 0 Å². The molecule has 2 aliphatic rings. The van der Waals surface area contributed by atoms with E-state index in [1.807, 2.05) is 6.92 Å². The summed E-state index contributed by atoms with van der Waals surface area (Å²) < 4.78 is 35.6. The van der Waals surface area contributed by atoms with Crippen LogP contribution >= 0.6 is 23.2 Å². The number of piperidine rings is 1. The lowest BCUT2D eigenvalue weighted by molar-refractivity contribution is 0.102. The predicted octanol–water partition coefficient (Wildman–Crippen LogP) is 3.42. The molecule has 1 aromatic carbocycles. The first-order valence-corrected chi connectivity index (χ1v) is 13.1. The number of hydrogen-bond acceptors (Lipinski definition) is 6. The number of carbonyl (C=O) groups excluding carboxylic acids is 1. The first-order valence-electron chi connectivity index (χ1n) is 10.9. The molecule has 184 valence electrons. The molecule has 2 N–H and O–H groups in total. The number of anilines is 2. The van der Waals surface area contributed by atoms with Gasteiger partial charge in [0.25, 0.3) is 5.91 Å². The summed E-state index contributed by atoms with van der Waals surface area (Å²) in [4.78, 5) is 17.0. The molecule has 0 aliphatic carbocycles. The van der Waals surface area contributed by atoms with Crippen molar-refractivity contribution in [3.05, 3.63) is 46.1 Å². The molecule has 0 spiro atoms. The fourth-order valence-corrected chi connectivity index (χ4v) is 6.39. The fraction of sp³-hybridized carbons (Fsp3) is 0.455. The van der Waals surface area contributed by atoms with Gasteiger partial charge in [0, 0.05) is 13.1 Å². The van der Waals surface area contributed by atoms with Gasteiger partial charge in [-0.25, -0.2) is 9.29 Å². The Labute approximate surface area is 208 Å². The lowest BCUT2D eigenvalue weighted by Crippen LogP contribution is -2.53. The number of hydrogen-bond donors (Lipinski definition) is 2. The zero-order valence-electron chi connectivity index (χ0n) is 18.7. The van der Waals surface area contributed by atoms with Crippen molar-refractivity contribution < 1.29 is 23.1 Å². The van der Waals surface area contributed by atoms with Crippen molar-refractivity contribution in [1.82, 2.24) is 9.29 Å². The summed E-state index contributed by atoms with van der Waals surface area (Å²) in [6.45, 7) is 4.50. The SMILES string of the molecule is CC1CCN(S(=O)(=O)N2CC(CO)Oc3ncc(NC(=O)c4c(Cl)cccc4Cl)cc32)CC1C. The number of fused-ring (bicyclic) bond motifs is 1. The van der Waals surface area contributed by atoms with Crippen LogP contribution in [0.4, 0.5) is 11.4 Å². The maximum Gasteiger partial charge on any atom is 0.304 e. The second-order valence-corrected chi connectivity index (χ2v) is 11.3. The van der Waals surface area contributed by atoms with Crippen LogP contribution < -0.4 is 14.4 Å². The number of carbonyl (C=O) groups is 1. The molecule has 4 rings (SSSR count). The monoisotopic (exact) mass is 528 g/mol. The minimum absolute atomic E-state index is 0.0566. The highest BCUT2D eigenvalue weighted by Gasteiger charge is 2.40. The van der Waals surface area contributed by atoms with Gasteiger partial charge in [-0.15, -0.1) is 0 Å². The molecule has 9 nitrogen and oxygen atoms in total. The van der Waals surface area contributed by atoms with Crippen LogP contribution in [-0.4, -0.2) is 61.1 Å². The summed E-state index contributed by atoms with van der Waals surface area (Å²) in [6.07, 6.45) is 1.34. The molecule has 2 aromatic rings. The first kappa shape index (κ1) is 25.0. The molecule has 1 amide bonds. The van der Waals surface area contributed by atoms with Crippen LogP contribution in [0.1, 0.15) is 30.6 Å². The van der Waals surface area contributed by atoms with Crippen LogP contribution in [0.25, 0.3) is 0 Å². The molecule has 1 fully saturated rings. The Morgan fingerprint density at radius 3 is 2.59 bits per heavy atom. The van der Waals surface area contributed by atoms with E-state index in [1.54, 1.807) is 18.2 Å². The quantitative estimate of drug-likeness (QED) is 0.614. The van der Waals surface area contributed by atoms with Crippen molar-refractivity contribution in [2.24, 2.45) is 11.8 Å². The fourth-order valence-electron chi connectivity index (χ4n) is 4.05. The molecule has 3 unspecified atom stereocenters. The number of aromatic nitrogens is 1. The van der Waals surface area contributed by atoms with E-state index in [-0.39, 0.29) is 51.9 Å². The van der Waals surface area contributed by atoms with Gasteiger partial charge in [-0.1, -0.05) is 43.1 Å². The number of nitrogens with zero attached hydrogens (tertiary/aromatic N) is 3. The van der Waals surface area contributed by atoms with Gasteiger partial charge in [-0.2, -0.15) is 12.7 Å². The third-order valence-electron chi connectivity index (χ3n) is 6.30. The van der Waals surface area contributed by atoms with Crippen molar-refractivity contribution in [2.45, 2.75) is 26.4 Å². The Morgan fingerprint density at radius 2 is 1.94 bits per heavy atom. The van der Waals surface area contributed by atoms with E-state index in [1.165, 1.54) is 20.9 Å². The smallest absolute Gasteiger partial charge is 0.304 e. The van der Waals surface area contributed by atoms with E-state index >= 15 is 0 Å². The summed E-state index contributed by atoms with van der Waals surface area (Å²) in [5, 5.41) is 12.7. The summed E-state index contributed by atoms with van der Waals surface area (Å²) >= 11 is 12.3. The van der Waals surface area contributed by atoms with E-state index in [0.29, 0.717) is 19.0 Å². The molecule has 3 atom stereocenters. The van der Waals surface area contributed by atoms with Gasteiger partial charge in [-0.3, -0.25) is 4.79 Å². The van der Waals surface area contributed by atoms with E-state index in [9.17, 15) is 18.3 Å². The Morgan fingerprint density at radius 1 is 1.24 bits per heavy atom. The van der Waals surface area contributed by atoms with Gasteiger partial charge < -0.3 is 15.2 Å². The molecule has 2 aliphatic heterocycles. The molecule has 34 heavy (non-hydrogen) atoms. The first-order chi connectivity index (χ1) is 16.1. The number of nitrogens with one attached hydrogen (secondary N) is 1. The lowest BCUT2D eigenvalue weighted by atomic mass is 9.90. The van der Waals surface area contributed by atoms with Crippen molar-refractivity contribution in [1.29, 1.82) is 0 Å². The Balaban J connectivity index is 1.66. The average molecular weight is 529 g/mol. The number of pyridine rings is 1. The van der Waals surface area contributed by atoms with Crippen LogP contribution in [0.3, 0.4) is 0 Å². The molecule has 12 heteroatoms. The molecule has 0 saturated carbocycles. The third-order valence-corrected chi connectivity index (χ3v) is 8.82. The number of rotatable bonds is 5. The minimum atomic E-state index is -3.93. The summed E-state index contributed by atoms with van der Waals surface area (Å²) in [5.41, 5.74) is 0.520. The number of ether oxygens (including phenoxy) is 1. The highest BCUT2D eigenvalue weighted by Crippen LogP contribution is 2.37. The Kier molecular flexibility index (Phi) is 7.25. The molecular formula is C22H26Cl2N4O5S. The Hall–Kier alpha value is -2.11. The van der Waals surface area contributed by atoms with Crippen molar-refractivity contribution in [2.75, 3.05) is 35.9 Å². The van der Waals surface area contributed by atoms with Gasteiger partial charge in [-0.05, 0) is 36.5 Å². The maximum atomic E-state index is 13.6. The summed E-state index contributed by atoms with van der Waals surface area (Å²) in [7, 11) is -3.93. The van der Waals surface area contributed by atoms with Crippen LogP contribution in [0, 0.1) is 11.8 Å². The second-order valence-electron chi connectivity index (χ2n) is 8.66.